The van der Waals surface area contributed by atoms with Crippen LogP contribution in [0.5, 0.6) is 5.75 Å². The maximum atomic E-state index is 14.9. The predicted octanol–water partition coefficient (Wildman–Crippen LogP) is 5.26. The topological polar surface area (TPSA) is 65.7 Å². The molecule has 0 amide bonds. The van der Waals surface area contributed by atoms with Gasteiger partial charge in [0.2, 0.25) is 0 Å². The van der Waals surface area contributed by atoms with Crippen molar-refractivity contribution in [3.63, 3.8) is 0 Å². The molecule has 5 nitrogen and oxygen atoms in total. The Morgan fingerprint density at radius 3 is 2.41 bits per heavy atom. The molecule has 1 aromatic heterocycles. The standard InChI is InChI=1S/C23H21FO5/c1-13(2)22(25)27-11-5-6-15-7-9-18-17-10-8-16(28-23(26)14(3)4)12-19(17)29-21(18)20(15)24/h7-10,12H,1,3,5-6,11H2,2,4H3. The van der Waals surface area contributed by atoms with Crippen LogP contribution in [0.4, 0.5) is 4.39 Å². The Morgan fingerprint density at radius 2 is 1.72 bits per heavy atom. The van der Waals surface area contributed by atoms with Gasteiger partial charge in [-0.25, -0.2) is 14.0 Å². The van der Waals surface area contributed by atoms with Crippen LogP contribution < -0.4 is 4.74 Å². The van der Waals surface area contributed by atoms with Gasteiger partial charge in [-0.15, -0.1) is 0 Å². The Morgan fingerprint density at radius 1 is 1.03 bits per heavy atom. The largest absolute Gasteiger partial charge is 0.462 e. The van der Waals surface area contributed by atoms with Crippen molar-refractivity contribution < 1.29 is 27.9 Å². The number of fused-ring (bicyclic) bond motifs is 3. The fourth-order valence-corrected chi connectivity index (χ4v) is 2.83. The lowest BCUT2D eigenvalue weighted by Gasteiger charge is -2.05. The lowest BCUT2D eigenvalue weighted by Crippen LogP contribution is -2.07. The molecule has 0 atom stereocenters. The first-order chi connectivity index (χ1) is 13.8. The van der Waals surface area contributed by atoms with E-state index in [4.69, 9.17) is 13.9 Å². The van der Waals surface area contributed by atoms with E-state index in [9.17, 15) is 14.0 Å². The second kappa shape index (κ2) is 8.31. The van der Waals surface area contributed by atoms with E-state index in [1.165, 1.54) is 0 Å². The first kappa shape index (κ1) is 20.3. The molecule has 0 radical (unpaired) electrons. The fourth-order valence-electron chi connectivity index (χ4n) is 2.83. The normalized spacial score (nSPS) is 10.9. The second-order valence-corrected chi connectivity index (χ2v) is 6.87. The highest BCUT2D eigenvalue weighted by Gasteiger charge is 2.16. The number of aryl methyl sites for hydroxylation is 1. The van der Waals surface area contributed by atoms with Crippen LogP contribution in [0.2, 0.25) is 0 Å². The summed E-state index contributed by atoms with van der Waals surface area (Å²) in [7, 11) is 0. The predicted molar refractivity (Wildman–Crippen MR) is 108 cm³/mol. The average Bonchev–Trinajstić information content (AvgIpc) is 3.05. The van der Waals surface area contributed by atoms with Gasteiger partial charge < -0.3 is 13.9 Å². The number of halogens is 1. The maximum Gasteiger partial charge on any atom is 0.338 e. The van der Waals surface area contributed by atoms with Crippen molar-refractivity contribution in [1.29, 1.82) is 0 Å². The third-order valence-corrected chi connectivity index (χ3v) is 4.36. The molecule has 0 bridgehead atoms. The molecule has 3 rings (SSSR count). The zero-order chi connectivity index (χ0) is 21.1. The van der Waals surface area contributed by atoms with E-state index in [-0.39, 0.29) is 17.8 Å². The number of furan rings is 1. The smallest absolute Gasteiger partial charge is 0.338 e. The number of hydrogen-bond donors (Lipinski definition) is 0. The minimum atomic E-state index is -0.540. The molecule has 0 aliphatic carbocycles. The summed E-state index contributed by atoms with van der Waals surface area (Å²) in [6.45, 7) is 10.4. The minimum absolute atomic E-state index is 0.139. The van der Waals surface area contributed by atoms with E-state index in [1.54, 1.807) is 44.2 Å². The van der Waals surface area contributed by atoms with E-state index in [0.717, 1.165) is 5.39 Å². The summed E-state index contributed by atoms with van der Waals surface area (Å²) in [5, 5.41) is 1.35. The van der Waals surface area contributed by atoms with Gasteiger partial charge in [-0.3, -0.25) is 0 Å². The van der Waals surface area contributed by atoms with E-state index in [2.05, 4.69) is 13.2 Å². The van der Waals surface area contributed by atoms with Crippen molar-refractivity contribution in [2.75, 3.05) is 6.61 Å². The molecule has 0 aliphatic heterocycles. The zero-order valence-corrected chi connectivity index (χ0v) is 16.3. The molecule has 0 saturated heterocycles. The summed E-state index contributed by atoms with van der Waals surface area (Å²) in [6.07, 6.45) is 0.868. The van der Waals surface area contributed by atoms with Crippen LogP contribution in [-0.2, 0) is 20.7 Å². The Kier molecular flexibility index (Phi) is 5.82. The molecule has 2 aromatic carbocycles. The van der Waals surface area contributed by atoms with Crippen LogP contribution in [0, 0.1) is 5.82 Å². The van der Waals surface area contributed by atoms with Crippen molar-refractivity contribution >= 4 is 33.9 Å². The van der Waals surface area contributed by atoms with Gasteiger partial charge >= 0.3 is 11.9 Å². The lowest BCUT2D eigenvalue weighted by molar-refractivity contribution is -0.139. The Hall–Kier alpha value is -3.41. The van der Waals surface area contributed by atoms with Crippen LogP contribution in [0.25, 0.3) is 21.9 Å². The number of rotatable bonds is 7. The number of ether oxygens (including phenoxy) is 2. The third-order valence-electron chi connectivity index (χ3n) is 4.36. The van der Waals surface area contributed by atoms with Gasteiger partial charge in [0.15, 0.2) is 11.4 Å². The van der Waals surface area contributed by atoms with Gasteiger partial charge in [-0.2, -0.15) is 0 Å². The van der Waals surface area contributed by atoms with Gasteiger partial charge in [-0.1, -0.05) is 25.3 Å². The molecule has 0 N–H and O–H groups in total. The summed E-state index contributed by atoms with van der Waals surface area (Å²) >= 11 is 0. The third kappa shape index (κ3) is 4.37. The van der Waals surface area contributed by atoms with E-state index >= 15 is 0 Å². The van der Waals surface area contributed by atoms with Crippen LogP contribution in [0.3, 0.4) is 0 Å². The average molecular weight is 396 g/mol. The Bertz CT molecular complexity index is 1140. The van der Waals surface area contributed by atoms with E-state index in [1.807, 2.05) is 0 Å². The number of hydrogen-bond acceptors (Lipinski definition) is 5. The Labute approximate surface area is 167 Å². The molecular weight excluding hydrogens is 375 g/mol. The van der Waals surface area contributed by atoms with E-state index in [0.29, 0.717) is 40.7 Å². The number of esters is 2. The molecule has 29 heavy (non-hydrogen) atoms. The number of benzene rings is 2. The summed E-state index contributed by atoms with van der Waals surface area (Å²) in [5.41, 5.74) is 1.63. The van der Waals surface area contributed by atoms with Crippen LogP contribution >= 0.6 is 0 Å². The zero-order valence-electron chi connectivity index (χ0n) is 16.3. The van der Waals surface area contributed by atoms with Gasteiger partial charge in [0.25, 0.3) is 0 Å². The van der Waals surface area contributed by atoms with E-state index < -0.39 is 17.8 Å². The monoisotopic (exact) mass is 396 g/mol. The maximum absolute atomic E-state index is 14.9. The van der Waals surface area contributed by atoms with Gasteiger partial charge in [0.1, 0.15) is 11.3 Å². The quantitative estimate of drug-likeness (QED) is 0.236. The van der Waals surface area contributed by atoms with Crippen molar-refractivity contribution in [2.45, 2.75) is 26.7 Å². The van der Waals surface area contributed by atoms with Crippen LogP contribution in [0.1, 0.15) is 25.8 Å². The molecule has 3 aromatic rings. The van der Waals surface area contributed by atoms with Crippen LogP contribution in [-0.4, -0.2) is 18.5 Å². The minimum Gasteiger partial charge on any atom is -0.462 e. The molecular formula is C23H21FO5. The van der Waals surface area contributed by atoms with Gasteiger partial charge in [0.05, 0.1) is 6.61 Å². The first-order valence-electron chi connectivity index (χ1n) is 9.12. The molecule has 6 heteroatoms. The summed E-state index contributed by atoms with van der Waals surface area (Å²) in [5.74, 6) is -1.16. The molecule has 0 fully saturated rings. The highest BCUT2D eigenvalue weighted by Crippen LogP contribution is 2.34. The molecule has 0 unspecified atom stereocenters. The molecule has 0 aliphatic rings. The Balaban J connectivity index is 1.81. The van der Waals surface area contributed by atoms with Crippen LogP contribution in [0.15, 0.2) is 59.1 Å². The summed E-state index contributed by atoms with van der Waals surface area (Å²) in [4.78, 5) is 23.1. The SMILES string of the molecule is C=C(C)C(=O)OCCCc1ccc2c(oc3cc(OC(=O)C(=C)C)ccc32)c1F. The number of carbonyl (C=O) groups excluding carboxylic acids is 2. The van der Waals surface area contributed by atoms with Crippen molar-refractivity contribution in [3.8, 4) is 5.75 Å². The number of carbonyl (C=O) groups is 2. The molecule has 0 saturated carbocycles. The fraction of sp³-hybridized carbons (Fsp3) is 0.217. The van der Waals surface area contributed by atoms with Gasteiger partial charge in [-0.05, 0) is 44.4 Å². The lowest BCUT2D eigenvalue weighted by atomic mass is 10.1. The molecule has 0 spiro atoms. The van der Waals surface area contributed by atoms with Gasteiger partial charge in [0, 0.05) is 28.0 Å². The second-order valence-electron chi connectivity index (χ2n) is 6.87. The summed E-state index contributed by atoms with van der Waals surface area (Å²) < 4.78 is 30.8. The highest BCUT2D eigenvalue weighted by atomic mass is 19.1. The van der Waals surface area contributed by atoms with Crippen molar-refractivity contribution in [2.24, 2.45) is 0 Å². The molecule has 1 heterocycles. The van der Waals surface area contributed by atoms with Crippen molar-refractivity contribution in [3.05, 3.63) is 66.0 Å². The molecule has 150 valence electrons. The first-order valence-corrected chi connectivity index (χ1v) is 9.12. The van der Waals surface area contributed by atoms with Crippen molar-refractivity contribution in [1.82, 2.24) is 0 Å². The summed E-state index contributed by atoms with van der Waals surface area (Å²) in [6, 6.07) is 8.38. The highest BCUT2D eigenvalue weighted by molar-refractivity contribution is 6.05.